The molecule has 0 unspecified atom stereocenters. The third kappa shape index (κ3) is 16.5. The highest BCUT2D eigenvalue weighted by Crippen LogP contribution is 2.31. The van der Waals surface area contributed by atoms with Gasteiger partial charge in [-0.1, -0.05) is 26.0 Å². The van der Waals surface area contributed by atoms with Crippen LogP contribution in [-0.4, -0.2) is 232 Å². The maximum atomic E-state index is 12.9. The minimum atomic E-state index is -0.135. The van der Waals surface area contributed by atoms with Crippen molar-refractivity contribution in [3.8, 4) is 45.0 Å². The lowest BCUT2D eigenvalue weighted by molar-refractivity contribution is 0.188. The van der Waals surface area contributed by atoms with Gasteiger partial charge in [0.2, 0.25) is 0 Å². The maximum Gasteiger partial charge on any atom is 0.258 e. The molecule has 31 nitrogen and oxygen atoms in total. The summed E-state index contributed by atoms with van der Waals surface area (Å²) in [6.45, 7) is 26.9. The van der Waals surface area contributed by atoms with Crippen LogP contribution in [0.2, 0.25) is 0 Å². The number of pyridine rings is 2. The first-order valence-corrected chi connectivity index (χ1v) is 40.5. The maximum absolute atomic E-state index is 12.9. The van der Waals surface area contributed by atoms with Crippen molar-refractivity contribution in [2.45, 2.75) is 79.1 Å². The van der Waals surface area contributed by atoms with Crippen LogP contribution in [0.25, 0.3) is 101 Å². The van der Waals surface area contributed by atoms with Crippen LogP contribution in [0, 0.1) is 27.7 Å². The third-order valence-electron chi connectivity index (χ3n) is 23.2. The number of likely N-dealkylation sites (tertiary alicyclic amines) is 2. The number of nitrogens with zero attached hydrogens (tertiary/aromatic N) is 26. The number of fused-ring (bicyclic) bond motifs is 8. The predicted octanol–water partition coefficient (Wildman–Crippen LogP) is 8.59. The van der Waals surface area contributed by atoms with Crippen molar-refractivity contribution in [3.05, 3.63) is 235 Å². The van der Waals surface area contributed by atoms with E-state index >= 15 is 0 Å². The first-order chi connectivity index (χ1) is 57.2. The highest BCUT2D eigenvalue weighted by Gasteiger charge is 2.26. The van der Waals surface area contributed by atoms with Crippen LogP contribution in [0.3, 0.4) is 0 Å². The Morgan fingerprint density at radius 2 is 0.754 bits per heavy atom. The molecular weight excluding hydrogens is 1490 g/mol. The van der Waals surface area contributed by atoms with Gasteiger partial charge >= 0.3 is 0 Å². The molecule has 1 N–H and O–H groups in total. The molecule has 0 radical (unpaired) electrons. The van der Waals surface area contributed by atoms with E-state index in [1.807, 2.05) is 149 Å². The Balaban J connectivity index is 0.000000113. The van der Waals surface area contributed by atoms with E-state index in [0.29, 0.717) is 63.7 Å². The van der Waals surface area contributed by atoms with Crippen molar-refractivity contribution in [3.63, 3.8) is 0 Å². The van der Waals surface area contributed by atoms with Gasteiger partial charge in [-0.05, 0) is 147 Å². The van der Waals surface area contributed by atoms with Crippen LogP contribution in [-0.2, 0) is 14.1 Å². The summed E-state index contributed by atoms with van der Waals surface area (Å²) in [5.74, 6) is 2.39. The number of aromatic nitrogens is 20. The topological polar surface area (TPSA) is 299 Å². The molecule has 31 heteroatoms. The van der Waals surface area contributed by atoms with Gasteiger partial charge in [-0.25, -0.2) is 39.9 Å². The molecule has 2 aromatic carbocycles. The number of aryl methyl sites for hydroxylation is 6. The zero-order valence-electron chi connectivity index (χ0n) is 68.0. The van der Waals surface area contributed by atoms with E-state index in [2.05, 4.69) is 100 Å². The Labute approximate surface area is 679 Å². The molecule has 0 atom stereocenters. The second kappa shape index (κ2) is 33.1. The van der Waals surface area contributed by atoms with Crippen molar-refractivity contribution in [1.82, 2.24) is 115 Å². The summed E-state index contributed by atoms with van der Waals surface area (Å²) in [7, 11) is 5.92. The molecule has 0 saturated carbocycles. The van der Waals surface area contributed by atoms with E-state index in [9.17, 15) is 19.2 Å². The molecule has 4 aliphatic rings. The summed E-state index contributed by atoms with van der Waals surface area (Å²) >= 11 is 0. The van der Waals surface area contributed by atoms with Crippen molar-refractivity contribution >= 4 is 67.3 Å². The number of hydrogen-bond acceptors (Lipinski definition) is 23. The average Bonchev–Trinajstić information content (AvgIpc) is 1.75. The number of piperazine rings is 2. The number of aliphatic hydroxyl groups excluding tert-OH is 1. The summed E-state index contributed by atoms with van der Waals surface area (Å²) in [5.41, 5.74) is 17.6. The van der Waals surface area contributed by atoms with Gasteiger partial charge in [0.05, 0.1) is 100 Å². The number of hydrogen-bond donors (Lipinski definition) is 1. The quantitative estimate of drug-likeness (QED) is 0.120. The molecule has 0 bridgehead atoms. The van der Waals surface area contributed by atoms with Gasteiger partial charge in [0.25, 0.3) is 22.2 Å². The normalized spacial score (nSPS) is 15.7. The minimum absolute atomic E-state index is 0.0794. The number of likely N-dealkylation sites (N-methyl/N-ethyl adjacent to an activating group) is 1. The summed E-state index contributed by atoms with van der Waals surface area (Å²) < 4.78 is 13.9. The summed E-state index contributed by atoms with van der Waals surface area (Å²) in [4.78, 5) is 112. The van der Waals surface area contributed by atoms with Crippen molar-refractivity contribution < 1.29 is 5.11 Å². The van der Waals surface area contributed by atoms with Gasteiger partial charge in [0.1, 0.15) is 22.9 Å². The molecule has 20 rings (SSSR count). The first kappa shape index (κ1) is 77.9. The first-order valence-electron chi connectivity index (χ1n) is 40.5. The molecule has 0 spiro atoms. The van der Waals surface area contributed by atoms with Gasteiger partial charge in [0, 0.05) is 192 Å². The van der Waals surface area contributed by atoms with Gasteiger partial charge < -0.3 is 38.4 Å². The third-order valence-corrected chi connectivity index (χ3v) is 23.2. The Bertz CT molecular complexity index is 6700. The second-order valence-corrected chi connectivity index (χ2v) is 31.4. The fraction of sp³-hybridized carbons (Fsp3) is 0.356. The Hall–Kier alpha value is -12.7. The summed E-state index contributed by atoms with van der Waals surface area (Å²) in [5, 5.41) is 19.9. The largest absolute Gasteiger partial charge is 0.395 e. The van der Waals surface area contributed by atoms with Gasteiger partial charge in [-0.15, -0.1) is 0 Å². The molecule has 0 amide bonds. The molecule has 16 aromatic rings. The molecule has 4 fully saturated rings. The molecule has 4 saturated heterocycles. The van der Waals surface area contributed by atoms with Crippen molar-refractivity contribution in [2.75, 3.05) is 122 Å². The number of imidazole rings is 2. The van der Waals surface area contributed by atoms with Crippen LogP contribution in [0.5, 0.6) is 0 Å². The minimum Gasteiger partial charge on any atom is -0.395 e. The number of benzene rings is 2. The summed E-state index contributed by atoms with van der Waals surface area (Å²) in [6.07, 6.45) is 30.2. The molecule has 604 valence electrons. The van der Waals surface area contributed by atoms with Gasteiger partial charge in [-0.3, -0.25) is 61.0 Å². The molecule has 18 heterocycles. The van der Waals surface area contributed by atoms with Crippen LogP contribution in [0.4, 0.5) is 11.6 Å². The van der Waals surface area contributed by atoms with Gasteiger partial charge in [0.15, 0.2) is 22.6 Å². The van der Waals surface area contributed by atoms with E-state index in [4.69, 9.17) is 15.1 Å². The van der Waals surface area contributed by atoms with E-state index < -0.39 is 0 Å². The SMILES string of the molecule is CCN1CCC(c2cn3c(=O)cc(-c4cc(C)c5nc(C)cn5c4)nc3cn2)CC1.CCN1CCN(c2cn3c(=O)cc(-c4ccc5nn(C)cc5c4)nc3cn2)CC1.Cc1cn2cc(-c3cc(=O)n4cc(C5CCN(C)CC5)ncc4n3)cc(C)c2n1.Cn1cc2cc(-c3cc(=O)n4cc(N5CCN(CCO)CC5)ncc4n3)ccc2n1. The smallest absolute Gasteiger partial charge is 0.258 e. The van der Waals surface area contributed by atoms with E-state index in [1.165, 1.54) is 0 Å². The van der Waals surface area contributed by atoms with Crippen LogP contribution in [0.1, 0.15) is 85.3 Å². The molecule has 14 aromatic heterocycles. The van der Waals surface area contributed by atoms with Crippen LogP contribution < -0.4 is 32.0 Å². The zero-order valence-corrected chi connectivity index (χ0v) is 68.0. The Morgan fingerprint density at radius 1 is 0.381 bits per heavy atom. The van der Waals surface area contributed by atoms with E-state index in [0.717, 1.165) is 218 Å². The number of piperidine rings is 2. The van der Waals surface area contributed by atoms with Crippen molar-refractivity contribution in [2.24, 2.45) is 14.1 Å². The van der Waals surface area contributed by atoms with E-state index in [1.54, 1.807) is 88.4 Å². The number of rotatable bonds is 12. The zero-order chi connectivity index (χ0) is 81.6. The van der Waals surface area contributed by atoms with Gasteiger partial charge in [-0.2, -0.15) is 10.2 Å². The highest BCUT2D eigenvalue weighted by atomic mass is 16.3. The number of anilines is 2. The highest BCUT2D eigenvalue weighted by molar-refractivity contribution is 5.85. The lowest BCUT2D eigenvalue weighted by Gasteiger charge is -2.34. The van der Waals surface area contributed by atoms with E-state index in [-0.39, 0.29) is 28.8 Å². The van der Waals surface area contributed by atoms with Crippen LogP contribution in [0.15, 0.2) is 179 Å². The lowest BCUT2D eigenvalue weighted by Crippen LogP contribution is -2.47. The average molecular weight is 1590 g/mol. The monoisotopic (exact) mass is 1580 g/mol. The van der Waals surface area contributed by atoms with Crippen molar-refractivity contribution in [1.29, 1.82) is 0 Å². The second-order valence-electron chi connectivity index (χ2n) is 31.4. The lowest BCUT2D eigenvalue weighted by atomic mass is 9.94. The standard InChI is InChI=1S/C23H26N6O.C22H24N6O.C21H23N7O2.C21H23N7O/c1-4-27-7-5-17(6-8-27)20-14-29-21(11-24-20)26-19(10-22(29)30)18-9-15(2)23-25-16(3)12-28(23)13-18;1-14-8-17(12-27-11-15(2)24-22(14)27)18-9-21(29)28-13-19(23-10-20(28)25-18)16-4-6-26(3)7-5-16;1-25-13-16-10-15(2-3-17(16)24-25)18-11-21(30)28-14-20(22-12-19(28)23-18)27-6-4-26(5-7-27)8-9-29;1-3-26-6-8-27(9-7-26)20-14-28-19(12-22-20)23-18(11-21(28)29)15-4-5-17-16(10-15)13-25(2)24-17/h9-14,17H,4-8H2,1-3H3;8-13,16H,4-7H2,1-3H3;2-3,10-14,29H,4-9H2,1H3;4-5,10-14H,3,6-9H2,1-2H3. The Kier molecular flexibility index (Phi) is 21.9. The number of aliphatic hydroxyl groups is 1. The predicted molar refractivity (Wildman–Crippen MR) is 457 cm³/mol. The fourth-order valence-corrected chi connectivity index (χ4v) is 16.6. The fourth-order valence-electron chi connectivity index (χ4n) is 16.6. The molecule has 118 heavy (non-hydrogen) atoms. The number of β-amino-alcohol motifs (C(OH)–C–C–N with tert-alkyl or cyclic N) is 1. The van der Waals surface area contributed by atoms with Crippen LogP contribution >= 0.6 is 0 Å². The Morgan fingerprint density at radius 3 is 1.16 bits per heavy atom. The summed E-state index contributed by atoms with van der Waals surface area (Å²) in [6, 6.07) is 22.2. The molecule has 0 aliphatic carbocycles. The molecule has 4 aliphatic heterocycles. The molecular formula is C87H96N26O5.